The van der Waals surface area contributed by atoms with Gasteiger partial charge in [0.15, 0.2) is 0 Å². The summed E-state index contributed by atoms with van der Waals surface area (Å²) >= 11 is 0. The molecule has 72 valence electrons. The molecule has 0 aliphatic rings. The van der Waals surface area contributed by atoms with E-state index in [1.54, 1.807) is 6.33 Å². The van der Waals surface area contributed by atoms with Crippen LogP contribution >= 0.6 is 0 Å². The molecule has 4 nitrogen and oxygen atoms in total. The molecule has 0 saturated heterocycles. The molecule has 0 radical (unpaired) electrons. The molecule has 1 heterocycles. The highest BCUT2D eigenvalue weighted by Gasteiger charge is 2.08. The van der Waals surface area contributed by atoms with E-state index in [0.29, 0.717) is 0 Å². The van der Waals surface area contributed by atoms with Gasteiger partial charge in [-0.3, -0.25) is 5.41 Å². The molecule has 0 spiro atoms. The van der Waals surface area contributed by atoms with Crippen molar-refractivity contribution >= 4 is 5.84 Å². The maximum atomic E-state index is 7.27. The van der Waals surface area contributed by atoms with Gasteiger partial charge in [-0.05, 0) is 13.8 Å². The maximum Gasteiger partial charge on any atom is 0.0952 e. The van der Waals surface area contributed by atoms with Crippen molar-refractivity contribution < 1.29 is 0 Å². The zero-order chi connectivity index (χ0) is 10.0. The lowest BCUT2D eigenvalue weighted by atomic mass is 10.1. The van der Waals surface area contributed by atoms with Crippen LogP contribution in [0.3, 0.4) is 0 Å². The molecule has 13 heavy (non-hydrogen) atoms. The average molecular weight is 180 g/mol. The van der Waals surface area contributed by atoms with Crippen LogP contribution in [0.25, 0.3) is 0 Å². The quantitative estimate of drug-likeness (QED) is 0.539. The van der Waals surface area contributed by atoms with Crippen molar-refractivity contribution in [3.8, 4) is 0 Å². The van der Waals surface area contributed by atoms with Crippen LogP contribution in [0, 0.1) is 25.2 Å². The fraction of sp³-hybridized carbons (Fsp3) is 0.556. The maximum absolute atomic E-state index is 7.27. The first-order valence-electron chi connectivity index (χ1n) is 4.34. The Morgan fingerprint density at radius 2 is 2.31 bits per heavy atom. The van der Waals surface area contributed by atoms with Gasteiger partial charge in [0, 0.05) is 18.2 Å². The predicted octanol–water partition coefficient (Wildman–Crippen LogP) is 1.07. The molecule has 0 aromatic carbocycles. The average Bonchev–Trinajstić information content (AvgIpc) is 2.36. The van der Waals surface area contributed by atoms with E-state index in [4.69, 9.17) is 11.1 Å². The van der Waals surface area contributed by atoms with Gasteiger partial charge in [0.05, 0.1) is 17.9 Å². The Balaban J connectivity index is 2.74. The Morgan fingerprint density at radius 1 is 1.69 bits per heavy atom. The zero-order valence-corrected chi connectivity index (χ0v) is 8.33. The predicted molar refractivity (Wildman–Crippen MR) is 52.8 cm³/mol. The van der Waals surface area contributed by atoms with Gasteiger partial charge in [0.2, 0.25) is 0 Å². The highest BCUT2D eigenvalue weighted by atomic mass is 15.1. The van der Waals surface area contributed by atoms with Gasteiger partial charge < -0.3 is 10.3 Å². The van der Waals surface area contributed by atoms with Gasteiger partial charge in [-0.2, -0.15) is 0 Å². The second-order valence-electron chi connectivity index (χ2n) is 3.42. The highest BCUT2D eigenvalue weighted by molar-refractivity contribution is 5.79. The van der Waals surface area contributed by atoms with Gasteiger partial charge in [0.1, 0.15) is 0 Å². The van der Waals surface area contributed by atoms with Crippen molar-refractivity contribution in [3.63, 3.8) is 0 Å². The summed E-state index contributed by atoms with van der Waals surface area (Å²) in [5, 5.41) is 7.27. The van der Waals surface area contributed by atoms with Crippen molar-refractivity contribution in [2.45, 2.75) is 27.3 Å². The lowest BCUT2D eigenvalue weighted by Crippen LogP contribution is -2.24. The Bertz CT molecular complexity index is 313. The van der Waals surface area contributed by atoms with Crippen molar-refractivity contribution in [1.29, 1.82) is 5.41 Å². The summed E-state index contributed by atoms with van der Waals surface area (Å²) in [5.41, 5.74) is 7.57. The summed E-state index contributed by atoms with van der Waals surface area (Å²) < 4.78 is 2.03. The smallest absolute Gasteiger partial charge is 0.0952 e. The van der Waals surface area contributed by atoms with Crippen LogP contribution in [-0.4, -0.2) is 15.4 Å². The SMILES string of the molecule is Cc1ncn(CC(C)C(=N)N)c1C. The molecule has 0 saturated carbocycles. The summed E-state index contributed by atoms with van der Waals surface area (Å²) in [6, 6.07) is 0. The Hall–Kier alpha value is -1.32. The molecule has 1 aromatic rings. The van der Waals surface area contributed by atoms with Crippen LogP contribution in [0.2, 0.25) is 0 Å². The number of nitrogens with one attached hydrogen (secondary N) is 1. The number of aryl methyl sites for hydroxylation is 1. The van der Waals surface area contributed by atoms with E-state index in [2.05, 4.69) is 4.98 Å². The van der Waals surface area contributed by atoms with E-state index in [1.807, 2.05) is 25.3 Å². The van der Waals surface area contributed by atoms with Crippen LogP contribution in [0.4, 0.5) is 0 Å². The highest BCUT2D eigenvalue weighted by Crippen LogP contribution is 2.07. The van der Waals surface area contributed by atoms with E-state index >= 15 is 0 Å². The Labute approximate surface area is 78.3 Å². The summed E-state index contributed by atoms with van der Waals surface area (Å²) in [5.74, 6) is 0.304. The fourth-order valence-electron chi connectivity index (χ4n) is 1.12. The van der Waals surface area contributed by atoms with Crippen LogP contribution < -0.4 is 5.73 Å². The number of nitrogens with two attached hydrogens (primary N) is 1. The molecule has 1 aromatic heterocycles. The first-order chi connectivity index (χ1) is 6.02. The zero-order valence-electron chi connectivity index (χ0n) is 8.33. The number of hydrogen-bond donors (Lipinski definition) is 2. The first-order valence-corrected chi connectivity index (χ1v) is 4.34. The van der Waals surface area contributed by atoms with Crippen LogP contribution in [-0.2, 0) is 6.54 Å². The van der Waals surface area contributed by atoms with Gasteiger partial charge in [-0.25, -0.2) is 4.98 Å². The largest absolute Gasteiger partial charge is 0.387 e. The number of aromatic nitrogens is 2. The molecule has 1 rings (SSSR count). The number of hydrogen-bond acceptors (Lipinski definition) is 2. The Morgan fingerprint density at radius 3 is 2.69 bits per heavy atom. The molecule has 1 unspecified atom stereocenters. The molecule has 0 aliphatic carbocycles. The number of rotatable bonds is 3. The minimum Gasteiger partial charge on any atom is -0.387 e. The first kappa shape index (κ1) is 9.77. The van der Waals surface area contributed by atoms with Gasteiger partial charge in [-0.1, -0.05) is 6.92 Å². The summed E-state index contributed by atoms with van der Waals surface area (Å²) in [6.07, 6.45) is 1.80. The summed E-state index contributed by atoms with van der Waals surface area (Å²) in [7, 11) is 0. The van der Waals surface area contributed by atoms with Crippen molar-refractivity contribution in [1.82, 2.24) is 9.55 Å². The molecule has 0 fully saturated rings. The molecule has 4 heteroatoms. The van der Waals surface area contributed by atoms with Gasteiger partial charge in [-0.15, -0.1) is 0 Å². The lowest BCUT2D eigenvalue weighted by molar-refractivity contribution is 0.579. The monoisotopic (exact) mass is 180 g/mol. The topological polar surface area (TPSA) is 67.7 Å². The molecule has 0 amide bonds. The minimum absolute atomic E-state index is 0.0762. The van der Waals surface area contributed by atoms with E-state index in [-0.39, 0.29) is 11.8 Å². The van der Waals surface area contributed by atoms with Crippen LogP contribution in [0.1, 0.15) is 18.3 Å². The molecular weight excluding hydrogens is 164 g/mol. The lowest BCUT2D eigenvalue weighted by Gasteiger charge is -2.11. The summed E-state index contributed by atoms with van der Waals surface area (Å²) in [6.45, 7) is 6.68. The number of imidazole rings is 1. The second-order valence-corrected chi connectivity index (χ2v) is 3.42. The second kappa shape index (κ2) is 3.60. The van der Waals surface area contributed by atoms with E-state index in [0.717, 1.165) is 17.9 Å². The van der Waals surface area contributed by atoms with Crippen LogP contribution in [0.15, 0.2) is 6.33 Å². The fourth-order valence-corrected chi connectivity index (χ4v) is 1.12. The normalized spacial score (nSPS) is 12.8. The molecular formula is C9H16N4. The van der Waals surface area contributed by atoms with Crippen LogP contribution in [0.5, 0.6) is 0 Å². The number of nitrogens with zero attached hydrogens (tertiary/aromatic N) is 2. The molecule has 3 N–H and O–H groups in total. The number of amidine groups is 1. The molecule has 0 aliphatic heterocycles. The third-order valence-electron chi connectivity index (χ3n) is 2.35. The Kier molecular flexibility index (Phi) is 2.70. The van der Waals surface area contributed by atoms with E-state index in [1.165, 1.54) is 0 Å². The minimum atomic E-state index is 0.0762. The van der Waals surface area contributed by atoms with Gasteiger partial charge >= 0.3 is 0 Å². The van der Waals surface area contributed by atoms with E-state index in [9.17, 15) is 0 Å². The third-order valence-corrected chi connectivity index (χ3v) is 2.35. The third kappa shape index (κ3) is 2.08. The molecule has 0 bridgehead atoms. The van der Waals surface area contributed by atoms with Crippen molar-refractivity contribution in [2.75, 3.05) is 0 Å². The van der Waals surface area contributed by atoms with E-state index < -0.39 is 0 Å². The van der Waals surface area contributed by atoms with Crippen molar-refractivity contribution in [3.05, 3.63) is 17.7 Å². The standard InChI is InChI=1S/C9H16N4/c1-6(9(10)11)4-13-5-12-7(2)8(13)3/h5-6H,4H2,1-3H3,(H3,10,11). The van der Waals surface area contributed by atoms with Crippen molar-refractivity contribution in [2.24, 2.45) is 11.7 Å². The van der Waals surface area contributed by atoms with Gasteiger partial charge in [0.25, 0.3) is 0 Å². The molecule has 1 atom stereocenters. The summed E-state index contributed by atoms with van der Waals surface area (Å²) in [4.78, 5) is 4.18.